The monoisotopic (exact) mass is 447 g/mol. The van der Waals surface area contributed by atoms with Crippen LogP contribution in [0.15, 0.2) is 24.3 Å². The highest BCUT2D eigenvalue weighted by Crippen LogP contribution is 2.50. The highest BCUT2D eigenvalue weighted by molar-refractivity contribution is 5.99. The molecule has 0 aromatic heterocycles. The maximum atomic E-state index is 12.8. The topological polar surface area (TPSA) is 73.9 Å². The molecule has 0 radical (unpaired) electrons. The minimum Gasteiger partial charge on any atom is -0.487 e. The van der Waals surface area contributed by atoms with Crippen molar-refractivity contribution in [2.24, 2.45) is 5.92 Å². The highest BCUT2D eigenvalue weighted by Gasteiger charge is 2.34. The second-order valence-electron chi connectivity index (χ2n) is 8.84. The molecule has 2 aliphatic heterocycles. The Bertz CT molecular complexity index is 982. The fraction of sp³-hybridized carbons (Fsp3) is 0.500. The predicted molar refractivity (Wildman–Crippen MR) is 121 cm³/mol. The quantitative estimate of drug-likeness (QED) is 0.546. The van der Waals surface area contributed by atoms with Gasteiger partial charge in [0.1, 0.15) is 11.4 Å². The van der Waals surface area contributed by atoms with Gasteiger partial charge in [-0.05, 0) is 58.5 Å². The number of halogens is 1. The average molecular weight is 448 g/mol. The van der Waals surface area contributed by atoms with E-state index >= 15 is 0 Å². The molecule has 0 bridgehead atoms. The Balaban J connectivity index is 0.00000272. The second-order valence-corrected chi connectivity index (χ2v) is 8.84. The summed E-state index contributed by atoms with van der Waals surface area (Å²) in [6.45, 7) is 7.30. The zero-order valence-electron chi connectivity index (χ0n) is 18.3. The van der Waals surface area contributed by atoms with E-state index in [1.807, 2.05) is 38.1 Å². The average Bonchev–Trinajstić information content (AvgIpc) is 2.70. The summed E-state index contributed by atoms with van der Waals surface area (Å²) in [5, 5.41) is 4.87. The number of hydrogen-bond donors (Lipinski definition) is 1. The molecule has 2 aromatic rings. The molecule has 6 nitrogen and oxygen atoms in total. The van der Waals surface area contributed by atoms with Gasteiger partial charge < -0.3 is 19.5 Å². The van der Waals surface area contributed by atoms with Crippen LogP contribution in [0, 0.1) is 5.92 Å². The van der Waals surface area contributed by atoms with Crippen LogP contribution in [0.25, 0.3) is 10.8 Å². The predicted octanol–water partition coefficient (Wildman–Crippen LogP) is 4.59. The van der Waals surface area contributed by atoms with E-state index in [1.165, 1.54) is 6.92 Å². The first kappa shape index (κ1) is 23.4. The number of nitrogens with one attached hydrogen (secondary N) is 1. The van der Waals surface area contributed by atoms with Gasteiger partial charge in [0, 0.05) is 29.7 Å². The van der Waals surface area contributed by atoms with Gasteiger partial charge in [-0.2, -0.15) is 0 Å². The number of carbonyl (C=O) groups excluding carboxylic acids is 2. The fourth-order valence-corrected chi connectivity index (χ4v) is 4.33. The fourth-order valence-electron chi connectivity index (χ4n) is 4.33. The first-order chi connectivity index (χ1) is 14.3. The Morgan fingerprint density at radius 3 is 2.45 bits per heavy atom. The van der Waals surface area contributed by atoms with Gasteiger partial charge in [0.25, 0.3) is 0 Å². The third kappa shape index (κ3) is 5.13. The van der Waals surface area contributed by atoms with Crippen LogP contribution in [0.1, 0.15) is 52.0 Å². The Morgan fingerprint density at radius 1 is 1.10 bits per heavy atom. The molecule has 0 spiro atoms. The van der Waals surface area contributed by atoms with Crippen LogP contribution in [0.3, 0.4) is 0 Å². The van der Waals surface area contributed by atoms with Crippen molar-refractivity contribution in [1.29, 1.82) is 0 Å². The van der Waals surface area contributed by atoms with Gasteiger partial charge in [0.2, 0.25) is 0 Å². The third-order valence-corrected chi connectivity index (χ3v) is 5.90. The summed E-state index contributed by atoms with van der Waals surface area (Å²) >= 11 is 0. The van der Waals surface area contributed by atoms with Gasteiger partial charge in [-0.3, -0.25) is 9.59 Å². The Kier molecular flexibility index (Phi) is 7.12. The molecule has 1 N–H and O–H groups in total. The molecule has 7 heteroatoms. The van der Waals surface area contributed by atoms with Crippen LogP contribution in [-0.2, 0) is 16.0 Å². The van der Waals surface area contributed by atoms with Gasteiger partial charge in [0.15, 0.2) is 11.5 Å². The molecule has 0 unspecified atom stereocenters. The van der Waals surface area contributed by atoms with Crippen molar-refractivity contribution in [3.8, 4) is 17.2 Å². The summed E-state index contributed by atoms with van der Waals surface area (Å²) in [4.78, 5) is 24.7. The number of carbonyl (C=O) groups is 2. The molecule has 168 valence electrons. The number of hydrogen-bond acceptors (Lipinski definition) is 6. The molecule has 1 fully saturated rings. The number of rotatable bonds is 4. The van der Waals surface area contributed by atoms with E-state index in [0.717, 1.165) is 43.3 Å². The summed E-state index contributed by atoms with van der Waals surface area (Å²) in [6, 6.07) is 7.61. The van der Waals surface area contributed by atoms with Crippen LogP contribution >= 0.6 is 12.4 Å². The standard InChI is InChI=1S/C24H29NO5.ClH/c1-15(26)28-22-18-7-5-4-6-17(18)21-19(8-11-24(2,3)30-21)23(22)29-20(27)14-16-9-12-25-13-10-16;/h4-7,16,25H,8-14H2,1-3H3;1H. The number of ether oxygens (including phenoxy) is 3. The first-order valence-corrected chi connectivity index (χ1v) is 10.7. The first-order valence-electron chi connectivity index (χ1n) is 10.7. The summed E-state index contributed by atoms with van der Waals surface area (Å²) in [5.41, 5.74) is 0.470. The number of esters is 2. The molecule has 2 aromatic carbocycles. The smallest absolute Gasteiger partial charge is 0.311 e. The van der Waals surface area contributed by atoms with E-state index in [4.69, 9.17) is 14.2 Å². The molecule has 2 aliphatic rings. The normalized spacial score (nSPS) is 17.8. The minimum atomic E-state index is -0.451. The van der Waals surface area contributed by atoms with Crippen molar-refractivity contribution < 1.29 is 23.8 Å². The lowest BCUT2D eigenvalue weighted by molar-refractivity contribution is -0.137. The zero-order valence-corrected chi connectivity index (χ0v) is 19.1. The van der Waals surface area contributed by atoms with Crippen molar-refractivity contribution in [2.45, 2.75) is 58.5 Å². The van der Waals surface area contributed by atoms with Gasteiger partial charge in [-0.1, -0.05) is 24.3 Å². The second kappa shape index (κ2) is 9.45. The lowest BCUT2D eigenvalue weighted by atomic mass is 9.90. The molecule has 0 amide bonds. The van der Waals surface area contributed by atoms with E-state index in [-0.39, 0.29) is 24.0 Å². The summed E-state index contributed by atoms with van der Waals surface area (Å²) < 4.78 is 17.8. The van der Waals surface area contributed by atoms with Crippen molar-refractivity contribution >= 4 is 35.1 Å². The number of fused-ring (bicyclic) bond motifs is 3. The summed E-state index contributed by atoms with van der Waals surface area (Å²) in [5.74, 6) is 0.905. The Labute approximate surface area is 189 Å². The van der Waals surface area contributed by atoms with Gasteiger partial charge in [0.05, 0.1) is 0 Å². The molecule has 0 saturated carbocycles. The zero-order chi connectivity index (χ0) is 21.3. The largest absolute Gasteiger partial charge is 0.487 e. The summed E-state index contributed by atoms with van der Waals surface area (Å²) in [6.07, 6.45) is 3.72. The van der Waals surface area contributed by atoms with Crippen molar-refractivity contribution in [2.75, 3.05) is 13.1 Å². The molecular formula is C24H30ClNO5. The minimum absolute atomic E-state index is 0. The maximum Gasteiger partial charge on any atom is 0.311 e. The van der Waals surface area contributed by atoms with Crippen molar-refractivity contribution in [3.63, 3.8) is 0 Å². The highest BCUT2D eigenvalue weighted by atomic mass is 35.5. The molecule has 31 heavy (non-hydrogen) atoms. The van der Waals surface area contributed by atoms with Gasteiger partial charge in [-0.15, -0.1) is 12.4 Å². The lowest BCUT2D eigenvalue weighted by Gasteiger charge is -2.34. The third-order valence-electron chi connectivity index (χ3n) is 5.90. The van der Waals surface area contributed by atoms with E-state index in [0.29, 0.717) is 41.4 Å². The lowest BCUT2D eigenvalue weighted by Crippen LogP contribution is -2.33. The van der Waals surface area contributed by atoms with Crippen LogP contribution in [-0.4, -0.2) is 30.6 Å². The number of benzene rings is 2. The molecule has 1 saturated heterocycles. The van der Waals surface area contributed by atoms with Crippen LogP contribution in [0.5, 0.6) is 17.2 Å². The molecule has 0 atom stereocenters. The molecule has 0 aliphatic carbocycles. The van der Waals surface area contributed by atoms with E-state index < -0.39 is 5.97 Å². The van der Waals surface area contributed by atoms with Crippen LogP contribution < -0.4 is 19.5 Å². The van der Waals surface area contributed by atoms with E-state index in [9.17, 15) is 9.59 Å². The number of piperidine rings is 1. The van der Waals surface area contributed by atoms with Crippen molar-refractivity contribution in [1.82, 2.24) is 5.32 Å². The molecular weight excluding hydrogens is 418 g/mol. The van der Waals surface area contributed by atoms with Crippen LogP contribution in [0.2, 0.25) is 0 Å². The molecule has 2 heterocycles. The van der Waals surface area contributed by atoms with Gasteiger partial charge in [-0.25, -0.2) is 0 Å². The Hall–Kier alpha value is -2.31. The van der Waals surface area contributed by atoms with E-state index in [1.54, 1.807) is 0 Å². The maximum absolute atomic E-state index is 12.8. The molecule has 4 rings (SSSR count). The SMILES string of the molecule is CC(=O)Oc1c(OC(=O)CC2CCNCC2)c2c(c3ccccc13)OC(C)(C)CC2.Cl. The summed E-state index contributed by atoms with van der Waals surface area (Å²) in [7, 11) is 0. The van der Waals surface area contributed by atoms with Gasteiger partial charge >= 0.3 is 11.9 Å². The van der Waals surface area contributed by atoms with E-state index in [2.05, 4.69) is 5.32 Å². The van der Waals surface area contributed by atoms with Crippen LogP contribution in [0.4, 0.5) is 0 Å². The van der Waals surface area contributed by atoms with Crippen molar-refractivity contribution in [3.05, 3.63) is 29.8 Å². The Morgan fingerprint density at radius 2 is 1.77 bits per heavy atom.